The van der Waals surface area contributed by atoms with E-state index in [4.69, 9.17) is 18.9 Å². The number of halogens is 1. The molecule has 8 heteroatoms. The fraction of sp³-hybridized carbons (Fsp3) is 0.378. The molecule has 1 aromatic heterocycles. The van der Waals surface area contributed by atoms with Crippen LogP contribution in [-0.4, -0.2) is 49.0 Å². The molecule has 2 heterocycles. The molecule has 5 rings (SSSR count). The van der Waals surface area contributed by atoms with Crippen molar-refractivity contribution in [1.29, 1.82) is 0 Å². The second-order valence-corrected chi connectivity index (χ2v) is 11.8. The number of nitrogens with one attached hydrogen (secondary N) is 1. The van der Waals surface area contributed by atoms with Crippen molar-refractivity contribution in [2.75, 3.05) is 19.5 Å². The zero-order chi connectivity index (χ0) is 32.0. The molecule has 238 valence electrons. The lowest BCUT2D eigenvalue weighted by molar-refractivity contribution is -0.308. The van der Waals surface area contributed by atoms with Gasteiger partial charge in [-0.3, -0.25) is 4.79 Å². The largest absolute Gasteiger partial charge is 0.356 e. The highest BCUT2D eigenvalue weighted by atomic mass is 19.1. The van der Waals surface area contributed by atoms with Gasteiger partial charge in [0.2, 0.25) is 0 Å². The molecule has 0 saturated carbocycles. The molecule has 2 unspecified atom stereocenters. The van der Waals surface area contributed by atoms with Crippen LogP contribution in [0, 0.1) is 5.82 Å². The van der Waals surface area contributed by atoms with Crippen LogP contribution in [0.25, 0.3) is 22.4 Å². The number of hydrogen-bond donors (Lipinski definition) is 1. The molecule has 1 aliphatic rings. The van der Waals surface area contributed by atoms with E-state index in [9.17, 15) is 9.18 Å². The smallest absolute Gasteiger partial charge is 0.258 e. The second-order valence-electron chi connectivity index (χ2n) is 11.8. The number of hydrogen-bond acceptors (Lipinski definition) is 5. The van der Waals surface area contributed by atoms with E-state index in [-0.39, 0.29) is 30.2 Å². The van der Waals surface area contributed by atoms with E-state index < -0.39 is 5.79 Å². The van der Waals surface area contributed by atoms with Crippen molar-refractivity contribution >= 4 is 11.6 Å². The summed E-state index contributed by atoms with van der Waals surface area (Å²) in [4.78, 5) is 14.2. The first-order valence-corrected chi connectivity index (χ1v) is 15.6. The van der Waals surface area contributed by atoms with E-state index in [1.54, 1.807) is 26.4 Å². The SMILES string of the molecule is CCc1c(C(=O)Nc2ccccc2)c(-c2ccccc2)c(-c2ccc(F)cc2)n1CCC1CC(CC(OC)OC)OC(C)(C)O1. The second kappa shape index (κ2) is 14.5. The molecule has 1 saturated heterocycles. The van der Waals surface area contributed by atoms with Crippen LogP contribution >= 0.6 is 0 Å². The molecule has 3 aromatic carbocycles. The Morgan fingerprint density at radius 1 is 0.933 bits per heavy atom. The number of para-hydroxylation sites is 1. The maximum atomic E-state index is 14.2. The maximum Gasteiger partial charge on any atom is 0.258 e. The highest BCUT2D eigenvalue weighted by Gasteiger charge is 2.37. The van der Waals surface area contributed by atoms with Gasteiger partial charge in [0.25, 0.3) is 5.91 Å². The summed E-state index contributed by atoms with van der Waals surface area (Å²) < 4.78 is 39.9. The number of ether oxygens (including phenoxy) is 4. The van der Waals surface area contributed by atoms with Gasteiger partial charge in [-0.15, -0.1) is 0 Å². The molecule has 0 aliphatic carbocycles. The van der Waals surface area contributed by atoms with Crippen LogP contribution in [0.2, 0.25) is 0 Å². The first-order chi connectivity index (χ1) is 21.7. The highest BCUT2D eigenvalue weighted by Crippen LogP contribution is 2.41. The highest BCUT2D eigenvalue weighted by molar-refractivity contribution is 6.12. The normalized spacial score (nSPS) is 17.8. The number of methoxy groups -OCH3 is 2. The summed E-state index contributed by atoms with van der Waals surface area (Å²) in [6.07, 6.45) is 1.97. The molecule has 1 N–H and O–H groups in total. The van der Waals surface area contributed by atoms with Crippen molar-refractivity contribution in [1.82, 2.24) is 4.57 Å². The van der Waals surface area contributed by atoms with Crippen LogP contribution < -0.4 is 5.32 Å². The van der Waals surface area contributed by atoms with Crippen LogP contribution in [0.4, 0.5) is 10.1 Å². The average Bonchev–Trinajstić information content (AvgIpc) is 3.37. The summed E-state index contributed by atoms with van der Waals surface area (Å²) in [5.74, 6) is -1.28. The third-order valence-electron chi connectivity index (χ3n) is 8.23. The predicted octanol–water partition coefficient (Wildman–Crippen LogP) is 8.09. The molecule has 0 spiro atoms. The van der Waals surface area contributed by atoms with Gasteiger partial charge in [0.1, 0.15) is 5.82 Å². The minimum absolute atomic E-state index is 0.108. The van der Waals surface area contributed by atoms with Crippen molar-refractivity contribution in [2.45, 2.75) is 77.3 Å². The van der Waals surface area contributed by atoms with Gasteiger partial charge in [-0.1, -0.05) is 55.5 Å². The maximum absolute atomic E-state index is 14.2. The van der Waals surface area contributed by atoms with Crippen LogP contribution in [0.3, 0.4) is 0 Å². The summed E-state index contributed by atoms with van der Waals surface area (Å²) in [6.45, 7) is 6.50. The Balaban J connectivity index is 1.59. The Hall–Kier alpha value is -3.82. The molecule has 2 atom stereocenters. The number of benzene rings is 3. The van der Waals surface area contributed by atoms with Crippen molar-refractivity contribution in [2.24, 2.45) is 0 Å². The quantitative estimate of drug-likeness (QED) is 0.163. The van der Waals surface area contributed by atoms with Gasteiger partial charge in [-0.25, -0.2) is 4.39 Å². The molecule has 4 aromatic rings. The molecule has 0 radical (unpaired) electrons. The van der Waals surface area contributed by atoms with Crippen LogP contribution in [0.1, 0.15) is 56.1 Å². The summed E-state index contributed by atoms with van der Waals surface area (Å²) in [6, 6.07) is 25.9. The number of carbonyl (C=O) groups is 1. The van der Waals surface area contributed by atoms with Crippen molar-refractivity contribution < 1.29 is 28.1 Å². The third-order valence-corrected chi connectivity index (χ3v) is 8.23. The van der Waals surface area contributed by atoms with Crippen molar-refractivity contribution in [3.8, 4) is 22.4 Å². The standard InChI is InChI=1S/C37H43FN2O5/c1-6-31-34(36(41)39-28-15-11-8-12-16-28)33(25-13-9-7-10-14-25)35(26-17-19-27(38)20-18-26)40(31)22-21-29-23-30(24-32(42-4)43-5)45-37(2,3)44-29/h7-20,29-30,32H,6,21-24H2,1-5H3,(H,39,41). The topological polar surface area (TPSA) is 71.0 Å². The minimum atomic E-state index is -0.778. The molecule has 1 amide bonds. The summed E-state index contributed by atoms with van der Waals surface area (Å²) in [5, 5.41) is 3.12. The predicted molar refractivity (Wildman–Crippen MR) is 175 cm³/mol. The van der Waals surface area contributed by atoms with E-state index in [0.717, 1.165) is 28.1 Å². The fourth-order valence-corrected chi connectivity index (χ4v) is 6.35. The van der Waals surface area contributed by atoms with Gasteiger partial charge in [-0.05, 0) is 74.2 Å². The van der Waals surface area contributed by atoms with E-state index in [1.807, 2.05) is 74.5 Å². The number of nitrogens with zero attached hydrogens (tertiary/aromatic N) is 1. The lowest BCUT2D eigenvalue weighted by Gasteiger charge is -2.41. The van der Waals surface area contributed by atoms with Gasteiger partial charge in [0, 0.05) is 50.6 Å². The Morgan fingerprint density at radius 3 is 2.18 bits per heavy atom. The van der Waals surface area contributed by atoms with Crippen LogP contribution in [0.15, 0.2) is 84.9 Å². The molecule has 45 heavy (non-hydrogen) atoms. The van der Waals surface area contributed by atoms with Crippen LogP contribution in [0.5, 0.6) is 0 Å². The van der Waals surface area contributed by atoms with E-state index in [1.165, 1.54) is 12.1 Å². The zero-order valence-corrected chi connectivity index (χ0v) is 26.7. The Labute approximate surface area is 265 Å². The molecule has 0 bridgehead atoms. The first kappa shape index (κ1) is 32.6. The third kappa shape index (κ3) is 7.71. The zero-order valence-electron chi connectivity index (χ0n) is 26.7. The Morgan fingerprint density at radius 2 is 1.56 bits per heavy atom. The summed E-state index contributed by atoms with van der Waals surface area (Å²) in [7, 11) is 3.25. The summed E-state index contributed by atoms with van der Waals surface area (Å²) >= 11 is 0. The Bertz CT molecular complexity index is 1550. The van der Waals surface area contributed by atoms with E-state index in [2.05, 4.69) is 16.8 Å². The number of aromatic nitrogens is 1. The number of carbonyl (C=O) groups excluding carboxylic acids is 1. The number of anilines is 1. The molecule has 7 nitrogen and oxygen atoms in total. The fourth-order valence-electron chi connectivity index (χ4n) is 6.35. The Kier molecular flexibility index (Phi) is 10.5. The molecule has 1 aliphatic heterocycles. The van der Waals surface area contributed by atoms with E-state index in [0.29, 0.717) is 43.5 Å². The van der Waals surface area contributed by atoms with Gasteiger partial charge in [0.15, 0.2) is 12.1 Å². The van der Waals surface area contributed by atoms with Crippen LogP contribution in [-0.2, 0) is 31.9 Å². The lowest BCUT2D eigenvalue weighted by atomic mass is 9.96. The molecule has 1 fully saturated rings. The lowest BCUT2D eigenvalue weighted by Crippen LogP contribution is -2.46. The first-order valence-electron chi connectivity index (χ1n) is 15.6. The molecular weight excluding hydrogens is 571 g/mol. The van der Waals surface area contributed by atoms with Gasteiger partial charge in [0.05, 0.1) is 23.5 Å². The van der Waals surface area contributed by atoms with Gasteiger partial charge in [-0.2, -0.15) is 0 Å². The number of amides is 1. The van der Waals surface area contributed by atoms with E-state index >= 15 is 0 Å². The number of rotatable bonds is 12. The van der Waals surface area contributed by atoms with Gasteiger partial charge < -0.3 is 28.8 Å². The van der Waals surface area contributed by atoms with Gasteiger partial charge >= 0.3 is 0 Å². The average molecular weight is 615 g/mol. The minimum Gasteiger partial charge on any atom is -0.356 e. The van der Waals surface area contributed by atoms with Crippen molar-refractivity contribution in [3.05, 3.63) is 102 Å². The molecular formula is C37H43FN2O5. The van der Waals surface area contributed by atoms with Crippen molar-refractivity contribution in [3.63, 3.8) is 0 Å². The monoisotopic (exact) mass is 614 g/mol. The summed E-state index contributed by atoms with van der Waals surface area (Å²) in [5.41, 5.74) is 5.67.